The zero-order valence-electron chi connectivity index (χ0n) is 16.9. The molecule has 1 saturated carbocycles. The number of carbonyl (C=O) groups is 1. The molecular formula is C24H28N4O. The first-order valence-corrected chi connectivity index (χ1v) is 10.7. The van der Waals surface area contributed by atoms with Gasteiger partial charge in [0.1, 0.15) is 5.82 Å². The third-order valence-electron chi connectivity index (χ3n) is 6.55. The summed E-state index contributed by atoms with van der Waals surface area (Å²) in [6, 6.07) is 14.7. The first-order chi connectivity index (χ1) is 14.2. The third kappa shape index (κ3) is 3.55. The van der Waals surface area contributed by atoms with Gasteiger partial charge in [0.25, 0.3) is 5.91 Å². The molecule has 2 atom stereocenters. The Labute approximate surface area is 171 Å². The molecule has 0 radical (unpaired) electrons. The molecule has 0 spiro atoms. The minimum absolute atomic E-state index is 0.0574. The third-order valence-corrected chi connectivity index (χ3v) is 6.55. The monoisotopic (exact) mass is 388 g/mol. The van der Waals surface area contributed by atoms with Crippen molar-refractivity contribution in [3.05, 3.63) is 65.0 Å². The fourth-order valence-electron chi connectivity index (χ4n) is 4.97. The van der Waals surface area contributed by atoms with Crippen LogP contribution in [0.3, 0.4) is 0 Å². The topological polar surface area (TPSA) is 59.0 Å². The van der Waals surface area contributed by atoms with Crippen molar-refractivity contribution in [2.45, 2.75) is 50.6 Å². The van der Waals surface area contributed by atoms with Crippen LogP contribution in [0.5, 0.6) is 0 Å². The van der Waals surface area contributed by atoms with Crippen molar-refractivity contribution in [2.24, 2.45) is 7.05 Å². The van der Waals surface area contributed by atoms with Crippen molar-refractivity contribution in [3.63, 3.8) is 0 Å². The predicted molar refractivity (Wildman–Crippen MR) is 115 cm³/mol. The largest absolute Gasteiger partial charge is 0.349 e. The number of imidazole rings is 1. The van der Waals surface area contributed by atoms with Gasteiger partial charge in [-0.3, -0.25) is 4.79 Å². The van der Waals surface area contributed by atoms with Crippen molar-refractivity contribution >= 4 is 16.9 Å². The van der Waals surface area contributed by atoms with E-state index < -0.39 is 0 Å². The summed E-state index contributed by atoms with van der Waals surface area (Å²) in [6.45, 7) is 1.89. The molecule has 2 aliphatic rings. The van der Waals surface area contributed by atoms with Gasteiger partial charge in [0.15, 0.2) is 0 Å². The van der Waals surface area contributed by atoms with E-state index in [2.05, 4.69) is 52.6 Å². The van der Waals surface area contributed by atoms with E-state index in [1.807, 2.05) is 12.1 Å². The minimum atomic E-state index is 0.0574. The summed E-state index contributed by atoms with van der Waals surface area (Å²) in [5, 5.41) is 6.68. The Bertz CT molecular complexity index is 1050. The van der Waals surface area contributed by atoms with Crippen LogP contribution in [0.25, 0.3) is 11.0 Å². The Kier molecular flexibility index (Phi) is 4.84. The van der Waals surface area contributed by atoms with Gasteiger partial charge < -0.3 is 15.2 Å². The minimum Gasteiger partial charge on any atom is -0.349 e. The van der Waals surface area contributed by atoms with E-state index >= 15 is 0 Å². The molecule has 1 fully saturated rings. The Morgan fingerprint density at radius 2 is 2.07 bits per heavy atom. The molecule has 150 valence electrons. The quantitative estimate of drug-likeness (QED) is 0.720. The molecule has 0 saturated heterocycles. The maximum Gasteiger partial charge on any atom is 0.251 e. The lowest BCUT2D eigenvalue weighted by molar-refractivity contribution is 0.0924. The Morgan fingerprint density at radius 3 is 2.97 bits per heavy atom. The number of amides is 1. The summed E-state index contributed by atoms with van der Waals surface area (Å²) in [5.74, 6) is 1.59. The van der Waals surface area contributed by atoms with E-state index in [0.717, 1.165) is 62.1 Å². The van der Waals surface area contributed by atoms with Gasteiger partial charge in [0, 0.05) is 31.1 Å². The second-order valence-corrected chi connectivity index (χ2v) is 8.46. The molecule has 2 heterocycles. The van der Waals surface area contributed by atoms with E-state index in [1.54, 1.807) is 0 Å². The number of para-hydroxylation sites is 2. The average Bonchev–Trinajstić information content (AvgIpc) is 3.10. The van der Waals surface area contributed by atoms with Crippen LogP contribution >= 0.6 is 0 Å². The average molecular weight is 389 g/mol. The number of hydrogen-bond acceptors (Lipinski definition) is 3. The van der Waals surface area contributed by atoms with Gasteiger partial charge in [0.2, 0.25) is 0 Å². The number of aryl methyl sites for hydroxylation is 1. The lowest BCUT2D eigenvalue weighted by atomic mass is 9.85. The summed E-state index contributed by atoms with van der Waals surface area (Å²) >= 11 is 0. The molecule has 3 aromatic rings. The van der Waals surface area contributed by atoms with Gasteiger partial charge in [0.05, 0.1) is 11.0 Å². The molecule has 2 N–H and O–H groups in total. The van der Waals surface area contributed by atoms with Crippen molar-refractivity contribution < 1.29 is 4.79 Å². The number of fused-ring (bicyclic) bond motifs is 2. The highest BCUT2D eigenvalue weighted by atomic mass is 16.1. The van der Waals surface area contributed by atoms with Crippen LogP contribution in [0.2, 0.25) is 0 Å². The lowest BCUT2D eigenvalue weighted by Crippen LogP contribution is -2.38. The summed E-state index contributed by atoms with van der Waals surface area (Å²) in [6.07, 6.45) is 5.25. The molecule has 5 nitrogen and oxygen atoms in total. The standard InChI is InChI=1S/C24H28N4O/c1-28-22-8-3-2-7-21(22)27-23(28)17-5-4-6-20(14-17)26-24(29)18-9-10-19-15-25-12-11-16(19)13-18/h2-3,7-10,13,17,20,25H,4-6,11-12,14-15H2,1H3,(H,26,29)/t17-,20+/m0/s1. The number of hydrogen-bond donors (Lipinski definition) is 2. The maximum atomic E-state index is 12.9. The molecule has 1 aliphatic heterocycles. The van der Waals surface area contributed by atoms with Crippen LogP contribution < -0.4 is 10.6 Å². The smallest absolute Gasteiger partial charge is 0.251 e. The van der Waals surface area contributed by atoms with Crippen molar-refractivity contribution in [1.29, 1.82) is 0 Å². The summed E-state index contributed by atoms with van der Waals surface area (Å²) in [5.41, 5.74) is 5.64. The lowest BCUT2D eigenvalue weighted by Gasteiger charge is -2.29. The van der Waals surface area contributed by atoms with Crippen LogP contribution in [-0.2, 0) is 20.0 Å². The summed E-state index contributed by atoms with van der Waals surface area (Å²) in [7, 11) is 2.11. The van der Waals surface area contributed by atoms with Crippen LogP contribution in [0.4, 0.5) is 0 Å². The zero-order valence-corrected chi connectivity index (χ0v) is 16.9. The van der Waals surface area contributed by atoms with Gasteiger partial charge in [-0.25, -0.2) is 4.98 Å². The molecule has 1 aromatic heterocycles. The van der Waals surface area contributed by atoms with Crippen molar-refractivity contribution in [1.82, 2.24) is 20.2 Å². The zero-order chi connectivity index (χ0) is 19.8. The number of aromatic nitrogens is 2. The number of nitrogens with one attached hydrogen (secondary N) is 2. The Morgan fingerprint density at radius 1 is 1.17 bits per heavy atom. The number of benzene rings is 2. The highest BCUT2D eigenvalue weighted by Gasteiger charge is 2.28. The van der Waals surface area contributed by atoms with Crippen LogP contribution in [0.1, 0.15) is 58.9 Å². The molecule has 5 rings (SSSR count). The van der Waals surface area contributed by atoms with E-state index in [4.69, 9.17) is 4.98 Å². The highest BCUT2D eigenvalue weighted by Crippen LogP contribution is 2.34. The number of nitrogens with zero attached hydrogens (tertiary/aromatic N) is 2. The number of carbonyl (C=O) groups excluding carboxylic acids is 1. The van der Waals surface area contributed by atoms with E-state index in [1.165, 1.54) is 16.6 Å². The van der Waals surface area contributed by atoms with E-state index in [9.17, 15) is 4.79 Å². The van der Waals surface area contributed by atoms with Crippen molar-refractivity contribution in [3.8, 4) is 0 Å². The normalized spacial score (nSPS) is 21.7. The highest BCUT2D eigenvalue weighted by molar-refractivity contribution is 5.94. The molecule has 1 aliphatic carbocycles. The molecule has 2 aromatic carbocycles. The number of rotatable bonds is 3. The first kappa shape index (κ1) is 18.4. The van der Waals surface area contributed by atoms with Gasteiger partial charge >= 0.3 is 0 Å². The second-order valence-electron chi connectivity index (χ2n) is 8.46. The fraction of sp³-hybridized carbons (Fsp3) is 0.417. The first-order valence-electron chi connectivity index (χ1n) is 10.7. The van der Waals surface area contributed by atoms with Gasteiger partial charge in [-0.1, -0.05) is 24.6 Å². The molecule has 0 unspecified atom stereocenters. The van der Waals surface area contributed by atoms with Crippen molar-refractivity contribution in [2.75, 3.05) is 6.54 Å². The predicted octanol–water partition coefficient (Wildman–Crippen LogP) is 3.68. The summed E-state index contributed by atoms with van der Waals surface area (Å²) in [4.78, 5) is 17.8. The fourth-order valence-corrected chi connectivity index (χ4v) is 4.97. The molecular weight excluding hydrogens is 360 g/mol. The summed E-state index contributed by atoms with van der Waals surface area (Å²) < 4.78 is 2.22. The van der Waals surface area contributed by atoms with Gasteiger partial charge in [-0.2, -0.15) is 0 Å². The van der Waals surface area contributed by atoms with Gasteiger partial charge in [-0.05, 0) is 67.6 Å². The Hall–Kier alpha value is -2.66. The molecule has 1 amide bonds. The Balaban J connectivity index is 1.30. The van der Waals surface area contributed by atoms with Crippen LogP contribution in [0, 0.1) is 0 Å². The second kappa shape index (κ2) is 7.64. The van der Waals surface area contributed by atoms with Gasteiger partial charge in [-0.15, -0.1) is 0 Å². The molecule has 0 bridgehead atoms. The molecule has 29 heavy (non-hydrogen) atoms. The van der Waals surface area contributed by atoms with E-state index in [-0.39, 0.29) is 11.9 Å². The maximum absolute atomic E-state index is 12.9. The molecule has 5 heteroatoms. The van der Waals surface area contributed by atoms with E-state index in [0.29, 0.717) is 5.92 Å². The van der Waals surface area contributed by atoms with Crippen LogP contribution in [0.15, 0.2) is 42.5 Å². The SMILES string of the molecule is Cn1c([C@H]2CCC[C@@H](NC(=O)c3ccc4c(c3)CCNC4)C2)nc2ccccc21. The van der Waals surface area contributed by atoms with Crippen LogP contribution in [-0.4, -0.2) is 28.0 Å².